The molecule has 4 nitrogen and oxygen atoms in total. The molecule has 0 aliphatic carbocycles. The topological polar surface area (TPSA) is 55.4 Å². The van der Waals surface area contributed by atoms with E-state index in [2.05, 4.69) is 4.72 Å². The molecule has 0 bridgehead atoms. The number of rotatable bonds is 5. The third kappa shape index (κ3) is 3.42. The first-order valence-corrected chi connectivity index (χ1v) is 8.62. The lowest BCUT2D eigenvalue weighted by Crippen LogP contribution is -2.14. The van der Waals surface area contributed by atoms with Crippen LogP contribution in [-0.2, 0) is 16.4 Å². The molecule has 0 saturated heterocycles. The zero-order valence-corrected chi connectivity index (χ0v) is 14.1. The van der Waals surface area contributed by atoms with Gasteiger partial charge in [-0.2, -0.15) is 0 Å². The van der Waals surface area contributed by atoms with Gasteiger partial charge in [-0.25, -0.2) is 8.42 Å². The summed E-state index contributed by atoms with van der Waals surface area (Å²) >= 11 is 0. The van der Waals surface area contributed by atoms with E-state index in [0.29, 0.717) is 17.9 Å². The Morgan fingerprint density at radius 1 is 1.09 bits per heavy atom. The molecule has 0 aliphatic heterocycles. The van der Waals surface area contributed by atoms with Crippen molar-refractivity contribution >= 4 is 15.7 Å². The smallest absolute Gasteiger partial charge is 0.261 e. The number of nitrogens with one attached hydrogen (secondary N) is 1. The Kier molecular flexibility index (Phi) is 4.76. The SMILES string of the molecule is CCc1cc(S(=O)(=O)Nc2ccc(C)cc2C)ccc1OC. The molecule has 22 heavy (non-hydrogen) atoms. The Bertz CT molecular complexity index is 782. The third-order valence-corrected chi connectivity index (χ3v) is 4.93. The first-order chi connectivity index (χ1) is 10.4. The highest BCUT2D eigenvalue weighted by molar-refractivity contribution is 7.92. The van der Waals surface area contributed by atoms with E-state index in [-0.39, 0.29) is 4.90 Å². The summed E-state index contributed by atoms with van der Waals surface area (Å²) in [5.41, 5.74) is 3.46. The standard InChI is InChI=1S/C17H21NO3S/c1-5-14-11-15(7-9-17(14)21-4)22(19,20)18-16-8-6-12(2)10-13(16)3/h6-11,18H,5H2,1-4H3. The normalized spacial score (nSPS) is 11.3. The van der Waals surface area contributed by atoms with Gasteiger partial charge in [-0.3, -0.25) is 4.72 Å². The van der Waals surface area contributed by atoms with Gasteiger partial charge in [0.1, 0.15) is 5.75 Å². The van der Waals surface area contributed by atoms with Gasteiger partial charge >= 0.3 is 0 Å². The third-order valence-electron chi connectivity index (χ3n) is 3.57. The van der Waals surface area contributed by atoms with Crippen LogP contribution in [0.15, 0.2) is 41.3 Å². The molecular formula is C17H21NO3S. The number of ether oxygens (including phenoxy) is 1. The molecule has 0 spiro atoms. The first kappa shape index (κ1) is 16.4. The zero-order chi connectivity index (χ0) is 16.3. The van der Waals surface area contributed by atoms with Crippen LogP contribution in [0.5, 0.6) is 5.75 Å². The van der Waals surface area contributed by atoms with Gasteiger partial charge in [0.05, 0.1) is 17.7 Å². The van der Waals surface area contributed by atoms with Crippen LogP contribution in [0.2, 0.25) is 0 Å². The summed E-state index contributed by atoms with van der Waals surface area (Å²) in [7, 11) is -2.03. The Morgan fingerprint density at radius 2 is 1.82 bits per heavy atom. The fourth-order valence-electron chi connectivity index (χ4n) is 2.33. The highest BCUT2D eigenvalue weighted by Gasteiger charge is 2.17. The molecule has 2 aromatic rings. The molecule has 2 aromatic carbocycles. The summed E-state index contributed by atoms with van der Waals surface area (Å²) in [5.74, 6) is 0.702. The number of aryl methyl sites for hydroxylation is 3. The summed E-state index contributed by atoms with van der Waals surface area (Å²) in [5, 5.41) is 0. The second-order valence-corrected chi connectivity index (χ2v) is 6.93. The number of hydrogen-bond donors (Lipinski definition) is 1. The van der Waals surface area contributed by atoms with Crippen molar-refractivity contribution in [3.05, 3.63) is 53.1 Å². The average molecular weight is 319 g/mol. The summed E-state index contributed by atoms with van der Waals surface area (Å²) in [4.78, 5) is 0.241. The molecule has 118 valence electrons. The van der Waals surface area contributed by atoms with Gasteiger partial charge in [0, 0.05) is 0 Å². The van der Waals surface area contributed by atoms with Crippen LogP contribution in [0.1, 0.15) is 23.6 Å². The van der Waals surface area contributed by atoms with Crippen molar-refractivity contribution in [2.45, 2.75) is 32.1 Å². The molecule has 5 heteroatoms. The van der Waals surface area contributed by atoms with Crippen LogP contribution in [-0.4, -0.2) is 15.5 Å². The van der Waals surface area contributed by atoms with E-state index in [1.165, 1.54) is 0 Å². The molecule has 0 aliphatic rings. The quantitative estimate of drug-likeness (QED) is 0.914. The lowest BCUT2D eigenvalue weighted by molar-refractivity contribution is 0.409. The predicted octanol–water partition coefficient (Wildman–Crippen LogP) is 3.68. The molecule has 0 aromatic heterocycles. The van der Waals surface area contributed by atoms with Crippen molar-refractivity contribution < 1.29 is 13.2 Å². The molecule has 0 atom stereocenters. The van der Waals surface area contributed by atoms with Crippen molar-refractivity contribution in [3.8, 4) is 5.75 Å². The van der Waals surface area contributed by atoms with Gasteiger partial charge in [0.2, 0.25) is 0 Å². The lowest BCUT2D eigenvalue weighted by atomic mass is 10.1. The van der Waals surface area contributed by atoms with Crippen molar-refractivity contribution in [3.63, 3.8) is 0 Å². The minimum absolute atomic E-state index is 0.241. The molecule has 0 heterocycles. The summed E-state index contributed by atoms with van der Waals surface area (Å²) in [6, 6.07) is 10.5. The highest BCUT2D eigenvalue weighted by atomic mass is 32.2. The average Bonchev–Trinajstić information content (AvgIpc) is 2.49. The van der Waals surface area contributed by atoms with Crippen LogP contribution in [0, 0.1) is 13.8 Å². The van der Waals surface area contributed by atoms with Gasteiger partial charge in [-0.15, -0.1) is 0 Å². The van der Waals surface area contributed by atoms with Gasteiger partial charge in [-0.05, 0) is 55.7 Å². The van der Waals surface area contributed by atoms with Crippen molar-refractivity contribution in [2.24, 2.45) is 0 Å². The van der Waals surface area contributed by atoms with Crippen molar-refractivity contribution in [1.82, 2.24) is 0 Å². The van der Waals surface area contributed by atoms with Crippen LogP contribution in [0.25, 0.3) is 0 Å². The van der Waals surface area contributed by atoms with E-state index >= 15 is 0 Å². The minimum Gasteiger partial charge on any atom is -0.496 e. The molecule has 0 amide bonds. The van der Waals surface area contributed by atoms with Crippen LogP contribution < -0.4 is 9.46 Å². The molecular weight excluding hydrogens is 298 g/mol. The molecule has 0 radical (unpaired) electrons. The fraction of sp³-hybridized carbons (Fsp3) is 0.294. The minimum atomic E-state index is -3.61. The number of methoxy groups -OCH3 is 1. The molecule has 0 saturated carbocycles. The number of hydrogen-bond acceptors (Lipinski definition) is 3. The zero-order valence-electron chi connectivity index (χ0n) is 13.3. The van der Waals surface area contributed by atoms with Gasteiger partial charge < -0.3 is 4.74 Å². The van der Waals surface area contributed by atoms with Crippen molar-refractivity contribution in [1.29, 1.82) is 0 Å². The van der Waals surface area contributed by atoms with Gasteiger partial charge in [0.25, 0.3) is 10.0 Å². The maximum Gasteiger partial charge on any atom is 0.261 e. The van der Waals surface area contributed by atoms with E-state index in [0.717, 1.165) is 16.7 Å². The second kappa shape index (κ2) is 6.40. The first-order valence-electron chi connectivity index (χ1n) is 7.14. The van der Waals surface area contributed by atoms with E-state index in [9.17, 15) is 8.42 Å². The number of sulfonamides is 1. The summed E-state index contributed by atoms with van der Waals surface area (Å²) < 4.78 is 33.0. The molecule has 0 fully saturated rings. The number of benzene rings is 2. The highest BCUT2D eigenvalue weighted by Crippen LogP contribution is 2.25. The monoisotopic (exact) mass is 319 g/mol. The Labute approximate surface area is 132 Å². The van der Waals surface area contributed by atoms with Gasteiger partial charge in [-0.1, -0.05) is 24.6 Å². The fourth-order valence-corrected chi connectivity index (χ4v) is 3.51. The maximum absolute atomic E-state index is 12.6. The van der Waals surface area contributed by atoms with E-state index in [1.54, 1.807) is 31.4 Å². The lowest BCUT2D eigenvalue weighted by Gasteiger charge is -2.13. The maximum atomic E-state index is 12.6. The van der Waals surface area contributed by atoms with Crippen LogP contribution >= 0.6 is 0 Å². The molecule has 2 rings (SSSR count). The van der Waals surface area contributed by atoms with E-state index in [1.807, 2.05) is 32.9 Å². The van der Waals surface area contributed by atoms with Crippen molar-refractivity contribution in [2.75, 3.05) is 11.8 Å². The predicted molar refractivity (Wildman–Crippen MR) is 89.1 cm³/mol. The molecule has 1 N–H and O–H groups in total. The second-order valence-electron chi connectivity index (χ2n) is 5.25. The number of anilines is 1. The molecule has 0 unspecified atom stereocenters. The van der Waals surface area contributed by atoms with Gasteiger partial charge in [0.15, 0.2) is 0 Å². The Morgan fingerprint density at radius 3 is 2.41 bits per heavy atom. The van der Waals surface area contributed by atoms with Crippen LogP contribution in [0.3, 0.4) is 0 Å². The Balaban J connectivity index is 2.38. The van der Waals surface area contributed by atoms with E-state index < -0.39 is 10.0 Å². The summed E-state index contributed by atoms with van der Waals surface area (Å²) in [6.07, 6.45) is 0.704. The summed E-state index contributed by atoms with van der Waals surface area (Å²) in [6.45, 7) is 5.82. The van der Waals surface area contributed by atoms with E-state index in [4.69, 9.17) is 4.74 Å². The Hall–Kier alpha value is -2.01. The largest absolute Gasteiger partial charge is 0.496 e. The van der Waals surface area contributed by atoms with Crippen LogP contribution in [0.4, 0.5) is 5.69 Å².